The molecule has 0 unspecified atom stereocenters. The lowest BCUT2D eigenvalue weighted by Gasteiger charge is -2.05. The van der Waals surface area contributed by atoms with Crippen molar-refractivity contribution >= 4 is 29.2 Å². The van der Waals surface area contributed by atoms with E-state index in [1.165, 1.54) is 0 Å². The van der Waals surface area contributed by atoms with Gasteiger partial charge in [-0.05, 0) is 31.0 Å². The van der Waals surface area contributed by atoms with Crippen molar-refractivity contribution in [2.45, 2.75) is 19.8 Å². The maximum Gasteiger partial charge on any atom is 0.311 e. The fraction of sp³-hybridized carbons (Fsp3) is 0.364. The number of carbonyl (C=O) groups excluding carboxylic acids is 1. The molecule has 1 aromatic carbocycles. The second-order valence-electron chi connectivity index (χ2n) is 3.18. The summed E-state index contributed by atoms with van der Waals surface area (Å²) >= 11 is 11.4. The minimum Gasteiger partial charge on any atom is -0.426 e. The van der Waals surface area contributed by atoms with Crippen molar-refractivity contribution in [3.05, 3.63) is 28.8 Å². The lowest BCUT2D eigenvalue weighted by atomic mass is 10.2. The monoisotopic (exact) mass is 246 g/mol. The van der Waals surface area contributed by atoms with E-state index in [4.69, 9.17) is 27.9 Å². The Balaban J connectivity index is 2.57. The average Bonchev–Trinajstić information content (AvgIpc) is 2.20. The molecular weight excluding hydrogens is 235 g/mol. The number of aryl methyl sites for hydroxylation is 1. The molecule has 0 atom stereocenters. The van der Waals surface area contributed by atoms with Gasteiger partial charge in [-0.15, -0.1) is 11.6 Å². The van der Waals surface area contributed by atoms with E-state index in [2.05, 4.69) is 0 Å². The van der Waals surface area contributed by atoms with Crippen molar-refractivity contribution in [1.29, 1.82) is 0 Å². The summed E-state index contributed by atoms with van der Waals surface area (Å²) in [5, 5.41) is 0.595. The van der Waals surface area contributed by atoms with Crippen LogP contribution in [0.15, 0.2) is 18.2 Å². The first-order chi connectivity index (χ1) is 7.13. The quantitative estimate of drug-likeness (QED) is 0.462. The van der Waals surface area contributed by atoms with Crippen LogP contribution in [0.25, 0.3) is 0 Å². The van der Waals surface area contributed by atoms with Crippen LogP contribution in [0.2, 0.25) is 5.02 Å². The third-order valence-corrected chi connectivity index (χ3v) is 2.56. The Morgan fingerprint density at radius 2 is 2.20 bits per heavy atom. The van der Waals surface area contributed by atoms with Crippen LogP contribution in [-0.4, -0.2) is 11.8 Å². The lowest BCUT2D eigenvalue weighted by molar-refractivity contribution is -0.134. The Morgan fingerprint density at radius 3 is 2.80 bits per heavy atom. The first kappa shape index (κ1) is 12.3. The van der Waals surface area contributed by atoms with Gasteiger partial charge >= 0.3 is 5.97 Å². The molecule has 1 rings (SSSR count). The zero-order valence-corrected chi connectivity index (χ0v) is 9.94. The van der Waals surface area contributed by atoms with Gasteiger partial charge in [0.15, 0.2) is 0 Å². The van der Waals surface area contributed by atoms with Crippen LogP contribution in [0.3, 0.4) is 0 Å². The van der Waals surface area contributed by atoms with Crippen LogP contribution in [0.5, 0.6) is 5.75 Å². The fourth-order valence-electron chi connectivity index (χ4n) is 1.03. The summed E-state index contributed by atoms with van der Waals surface area (Å²) in [7, 11) is 0. The van der Waals surface area contributed by atoms with E-state index < -0.39 is 0 Å². The highest BCUT2D eigenvalue weighted by molar-refractivity contribution is 6.31. The molecule has 15 heavy (non-hydrogen) atoms. The van der Waals surface area contributed by atoms with Crippen LogP contribution in [0, 0.1) is 6.92 Å². The molecule has 0 radical (unpaired) electrons. The summed E-state index contributed by atoms with van der Waals surface area (Å²) in [4.78, 5) is 11.2. The van der Waals surface area contributed by atoms with E-state index in [9.17, 15) is 4.79 Å². The molecule has 82 valence electrons. The molecule has 0 bridgehead atoms. The zero-order chi connectivity index (χ0) is 11.3. The number of ether oxygens (including phenoxy) is 1. The van der Waals surface area contributed by atoms with E-state index in [1.54, 1.807) is 12.1 Å². The predicted octanol–water partition coefficient (Wildman–Crippen LogP) is 3.57. The Labute approximate surface area is 99.1 Å². The largest absolute Gasteiger partial charge is 0.426 e. The van der Waals surface area contributed by atoms with Gasteiger partial charge in [-0.2, -0.15) is 0 Å². The highest BCUT2D eigenvalue weighted by atomic mass is 35.5. The van der Waals surface area contributed by atoms with Crippen LogP contribution in [-0.2, 0) is 4.79 Å². The number of esters is 1. The topological polar surface area (TPSA) is 26.3 Å². The fourth-order valence-corrected chi connectivity index (χ4v) is 1.33. The van der Waals surface area contributed by atoms with Crippen LogP contribution < -0.4 is 4.74 Å². The minimum absolute atomic E-state index is 0.282. The van der Waals surface area contributed by atoms with Crippen molar-refractivity contribution in [3.63, 3.8) is 0 Å². The second kappa shape index (κ2) is 5.99. The molecule has 1 aromatic rings. The highest BCUT2D eigenvalue weighted by Gasteiger charge is 2.05. The predicted molar refractivity (Wildman–Crippen MR) is 61.8 cm³/mol. The summed E-state index contributed by atoms with van der Waals surface area (Å²) < 4.78 is 5.07. The summed E-state index contributed by atoms with van der Waals surface area (Å²) in [6.45, 7) is 1.89. The number of carbonyl (C=O) groups is 1. The summed E-state index contributed by atoms with van der Waals surface area (Å²) in [6.07, 6.45) is 0.953. The molecule has 4 heteroatoms. The summed E-state index contributed by atoms with van der Waals surface area (Å²) in [5.74, 6) is 0.657. The zero-order valence-electron chi connectivity index (χ0n) is 8.43. The lowest BCUT2D eigenvalue weighted by Crippen LogP contribution is -2.07. The van der Waals surface area contributed by atoms with Crippen molar-refractivity contribution in [2.24, 2.45) is 0 Å². The van der Waals surface area contributed by atoms with Gasteiger partial charge in [0.1, 0.15) is 5.75 Å². The number of rotatable bonds is 4. The maximum absolute atomic E-state index is 11.2. The van der Waals surface area contributed by atoms with E-state index in [0.29, 0.717) is 29.5 Å². The third-order valence-electron chi connectivity index (χ3n) is 1.89. The van der Waals surface area contributed by atoms with Crippen LogP contribution in [0.4, 0.5) is 0 Å². The molecule has 0 N–H and O–H groups in total. The molecule has 0 aliphatic carbocycles. The Bertz CT molecular complexity index is 350. The molecule has 0 aliphatic heterocycles. The first-order valence-electron chi connectivity index (χ1n) is 4.66. The Hall–Kier alpha value is -0.730. The standard InChI is InChI=1S/C11H12Cl2O2/c1-8-4-5-9(7-10(8)13)15-11(14)3-2-6-12/h4-5,7H,2-3,6H2,1H3. The number of alkyl halides is 1. The van der Waals surface area contributed by atoms with Gasteiger partial charge in [0.25, 0.3) is 0 Å². The molecule has 0 fully saturated rings. The SMILES string of the molecule is Cc1ccc(OC(=O)CCCCl)cc1Cl. The van der Waals surface area contributed by atoms with Crippen LogP contribution in [0.1, 0.15) is 18.4 Å². The van der Waals surface area contributed by atoms with Gasteiger partial charge in [0.2, 0.25) is 0 Å². The normalized spacial score (nSPS) is 10.1. The van der Waals surface area contributed by atoms with Gasteiger partial charge in [-0.1, -0.05) is 17.7 Å². The number of benzene rings is 1. The third kappa shape index (κ3) is 4.10. The molecule has 0 spiro atoms. The number of hydrogen-bond acceptors (Lipinski definition) is 2. The molecule has 0 amide bonds. The van der Waals surface area contributed by atoms with Crippen molar-refractivity contribution in [2.75, 3.05) is 5.88 Å². The molecule has 0 saturated heterocycles. The molecule has 0 heterocycles. The van der Waals surface area contributed by atoms with E-state index >= 15 is 0 Å². The van der Waals surface area contributed by atoms with Gasteiger partial charge in [-0.3, -0.25) is 4.79 Å². The average molecular weight is 247 g/mol. The van der Waals surface area contributed by atoms with Gasteiger partial charge in [0, 0.05) is 17.3 Å². The second-order valence-corrected chi connectivity index (χ2v) is 3.96. The first-order valence-corrected chi connectivity index (χ1v) is 5.57. The maximum atomic E-state index is 11.2. The summed E-state index contributed by atoms with van der Waals surface area (Å²) in [6, 6.07) is 5.17. The van der Waals surface area contributed by atoms with E-state index in [1.807, 2.05) is 13.0 Å². The molecule has 0 saturated carbocycles. The molecule has 2 nitrogen and oxygen atoms in total. The molecule has 0 aliphatic rings. The Morgan fingerprint density at radius 1 is 1.47 bits per heavy atom. The molecule has 0 aromatic heterocycles. The summed E-state index contributed by atoms with van der Waals surface area (Å²) in [5.41, 5.74) is 0.956. The van der Waals surface area contributed by atoms with Crippen molar-refractivity contribution < 1.29 is 9.53 Å². The van der Waals surface area contributed by atoms with Crippen molar-refractivity contribution in [3.8, 4) is 5.75 Å². The van der Waals surface area contributed by atoms with E-state index in [-0.39, 0.29) is 5.97 Å². The number of hydrogen-bond donors (Lipinski definition) is 0. The van der Waals surface area contributed by atoms with Gasteiger partial charge < -0.3 is 4.74 Å². The molecular formula is C11H12Cl2O2. The highest BCUT2D eigenvalue weighted by Crippen LogP contribution is 2.22. The van der Waals surface area contributed by atoms with Gasteiger partial charge in [0.05, 0.1) is 0 Å². The minimum atomic E-state index is -0.282. The van der Waals surface area contributed by atoms with Crippen molar-refractivity contribution in [1.82, 2.24) is 0 Å². The number of halogens is 2. The van der Waals surface area contributed by atoms with Gasteiger partial charge in [-0.25, -0.2) is 0 Å². The van der Waals surface area contributed by atoms with Crippen LogP contribution >= 0.6 is 23.2 Å². The smallest absolute Gasteiger partial charge is 0.311 e. The van der Waals surface area contributed by atoms with E-state index in [0.717, 1.165) is 5.56 Å². The Kier molecular flexibility index (Phi) is 4.92.